The molecule has 0 bridgehead atoms. The number of allylic oxidation sites excluding steroid dienone is 1. The summed E-state index contributed by atoms with van der Waals surface area (Å²) in [5.41, 5.74) is 0.915. The number of rotatable bonds is 14. The Bertz CT molecular complexity index is 937. The quantitative estimate of drug-likeness (QED) is 0.372. The van der Waals surface area contributed by atoms with Gasteiger partial charge in [-0.05, 0) is 24.1 Å². The Kier molecular flexibility index (Phi) is 10.4. The van der Waals surface area contributed by atoms with Gasteiger partial charge in [0.15, 0.2) is 0 Å². The van der Waals surface area contributed by atoms with Gasteiger partial charge in [0.2, 0.25) is 10.0 Å². The number of sulfonamides is 1. The number of carboxylic acid groups (broad SMARTS) is 1. The van der Waals surface area contributed by atoms with Gasteiger partial charge >= 0.3 is 6.09 Å². The minimum Gasteiger partial charge on any atom is -0.465 e. The van der Waals surface area contributed by atoms with Crippen molar-refractivity contribution >= 4 is 16.1 Å². The molecule has 0 radical (unpaired) electrons. The van der Waals surface area contributed by atoms with Crippen molar-refractivity contribution in [3.05, 3.63) is 78.9 Å². The summed E-state index contributed by atoms with van der Waals surface area (Å²) in [6.07, 6.45) is 0.837. The summed E-state index contributed by atoms with van der Waals surface area (Å²) in [5.74, 6) is -0.333. The second kappa shape index (κ2) is 13.0. The van der Waals surface area contributed by atoms with E-state index >= 15 is 0 Å². The summed E-state index contributed by atoms with van der Waals surface area (Å²) in [6.45, 7) is 3.55. The molecule has 2 atom stereocenters. The third kappa shape index (κ3) is 8.43. The molecule has 0 spiro atoms. The fourth-order valence-electron chi connectivity index (χ4n) is 3.16. The lowest BCUT2D eigenvalue weighted by Gasteiger charge is -2.28. The van der Waals surface area contributed by atoms with E-state index in [4.69, 9.17) is 4.74 Å². The zero-order valence-electron chi connectivity index (χ0n) is 17.8. The predicted octanol–water partition coefficient (Wildman–Crippen LogP) is 2.71. The zero-order chi connectivity index (χ0) is 23.4. The predicted molar refractivity (Wildman–Crippen MR) is 122 cm³/mol. The van der Waals surface area contributed by atoms with Gasteiger partial charge < -0.3 is 19.8 Å². The number of carbonyl (C=O) groups is 1. The highest BCUT2D eigenvalue weighted by Crippen LogP contribution is 2.12. The average molecular weight is 463 g/mol. The van der Waals surface area contributed by atoms with Crippen LogP contribution in [0.3, 0.4) is 0 Å². The first kappa shape index (κ1) is 25.5. The molecule has 2 aromatic rings. The zero-order valence-corrected chi connectivity index (χ0v) is 18.7. The maximum Gasteiger partial charge on any atom is 0.407 e. The number of nitrogens with zero attached hydrogens (tertiary/aromatic N) is 1. The van der Waals surface area contributed by atoms with Gasteiger partial charge in [0.05, 0.1) is 24.2 Å². The first-order chi connectivity index (χ1) is 15.4. The van der Waals surface area contributed by atoms with Gasteiger partial charge in [-0.15, -0.1) is 6.58 Å². The van der Waals surface area contributed by atoms with Crippen LogP contribution in [-0.2, 0) is 21.4 Å². The van der Waals surface area contributed by atoms with Crippen molar-refractivity contribution in [2.75, 3.05) is 26.3 Å². The minimum absolute atomic E-state index is 0.0318. The lowest BCUT2D eigenvalue weighted by atomic mass is 10.1. The Morgan fingerprint density at radius 3 is 2.28 bits per heavy atom. The minimum atomic E-state index is -3.89. The van der Waals surface area contributed by atoms with Gasteiger partial charge in [0.1, 0.15) is 0 Å². The van der Waals surface area contributed by atoms with Crippen molar-refractivity contribution in [2.24, 2.45) is 5.92 Å². The summed E-state index contributed by atoms with van der Waals surface area (Å²) >= 11 is 0. The molecule has 0 aromatic heterocycles. The fraction of sp³-hybridized carbons (Fsp3) is 0.348. The Hall–Kier alpha value is -2.72. The monoisotopic (exact) mass is 462 g/mol. The number of nitrogens with one attached hydrogen (secondary N) is 1. The van der Waals surface area contributed by atoms with Crippen LogP contribution < -0.4 is 4.72 Å². The molecule has 32 heavy (non-hydrogen) atoms. The summed E-state index contributed by atoms with van der Waals surface area (Å²) in [4.78, 5) is 13.0. The molecule has 0 saturated heterocycles. The topological polar surface area (TPSA) is 116 Å². The SMILES string of the molecule is C=CCC(CO)CN(C[C@H](COCc1ccccc1)NS(=O)(=O)c1ccccc1)C(=O)O. The lowest BCUT2D eigenvalue weighted by Crippen LogP contribution is -2.49. The molecule has 174 valence electrons. The van der Waals surface area contributed by atoms with Gasteiger partial charge in [-0.3, -0.25) is 0 Å². The molecule has 0 saturated carbocycles. The highest BCUT2D eigenvalue weighted by atomic mass is 32.2. The second-order valence-corrected chi connectivity index (χ2v) is 9.11. The van der Waals surface area contributed by atoms with Crippen LogP contribution in [0, 0.1) is 5.92 Å². The van der Waals surface area contributed by atoms with Gasteiger partial charge in [0, 0.05) is 25.6 Å². The van der Waals surface area contributed by atoms with Crippen LogP contribution in [-0.4, -0.2) is 62.0 Å². The van der Waals surface area contributed by atoms with E-state index in [1.807, 2.05) is 30.3 Å². The van der Waals surface area contributed by atoms with E-state index in [1.165, 1.54) is 12.1 Å². The van der Waals surface area contributed by atoms with Crippen LogP contribution in [0.5, 0.6) is 0 Å². The maximum absolute atomic E-state index is 12.8. The number of aliphatic hydroxyl groups is 1. The summed E-state index contributed by atoms with van der Waals surface area (Å²) in [7, 11) is -3.89. The fourth-order valence-corrected chi connectivity index (χ4v) is 4.39. The van der Waals surface area contributed by atoms with E-state index < -0.39 is 22.2 Å². The van der Waals surface area contributed by atoms with Crippen molar-refractivity contribution in [1.29, 1.82) is 0 Å². The average Bonchev–Trinajstić information content (AvgIpc) is 2.79. The lowest BCUT2D eigenvalue weighted by molar-refractivity contribution is 0.0807. The maximum atomic E-state index is 12.8. The molecule has 2 rings (SSSR count). The smallest absolute Gasteiger partial charge is 0.407 e. The van der Waals surface area contributed by atoms with Gasteiger partial charge in [0.25, 0.3) is 0 Å². The molecule has 3 N–H and O–H groups in total. The largest absolute Gasteiger partial charge is 0.465 e. The van der Waals surface area contributed by atoms with E-state index in [0.29, 0.717) is 6.42 Å². The number of amides is 1. The first-order valence-electron chi connectivity index (χ1n) is 10.2. The molecule has 0 aliphatic carbocycles. The van der Waals surface area contributed by atoms with E-state index in [1.54, 1.807) is 24.3 Å². The Morgan fingerprint density at radius 2 is 1.72 bits per heavy atom. The van der Waals surface area contributed by atoms with Crippen LogP contribution in [0.2, 0.25) is 0 Å². The summed E-state index contributed by atoms with van der Waals surface area (Å²) in [6, 6.07) is 16.4. The molecule has 0 fully saturated rings. The van der Waals surface area contributed by atoms with Crippen molar-refractivity contribution in [1.82, 2.24) is 9.62 Å². The molecule has 2 aromatic carbocycles. The molecular weight excluding hydrogens is 432 g/mol. The Labute approximate surface area is 189 Å². The molecule has 9 heteroatoms. The molecule has 1 amide bonds. The van der Waals surface area contributed by atoms with Gasteiger partial charge in [-0.2, -0.15) is 0 Å². The molecular formula is C23H30N2O6S. The Balaban J connectivity index is 2.15. The number of hydrogen-bond donors (Lipinski definition) is 3. The van der Waals surface area contributed by atoms with Crippen LogP contribution in [0.15, 0.2) is 78.2 Å². The summed E-state index contributed by atoms with van der Waals surface area (Å²) in [5, 5.41) is 19.2. The number of hydrogen-bond acceptors (Lipinski definition) is 5. The third-order valence-corrected chi connectivity index (χ3v) is 6.29. The van der Waals surface area contributed by atoms with Crippen molar-refractivity contribution in [3.63, 3.8) is 0 Å². The van der Waals surface area contributed by atoms with Crippen LogP contribution >= 0.6 is 0 Å². The van der Waals surface area contributed by atoms with Crippen LogP contribution in [0.25, 0.3) is 0 Å². The number of aliphatic hydroxyl groups excluding tert-OH is 1. The van der Waals surface area contributed by atoms with E-state index in [2.05, 4.69) is 11.3 Å². The standard InChI is InChI=1S/C23H30N2O6S/c1-2-9-20(16-26)14-25(23(27)28)15-21(18-31-17-19-10-5-3-6-11-19)24-32(29,30)22-12-7-4-8-13-22/h2-8,10-13,20-21,24,26H,1,9,14-18H2,(H,27,28)/t20?,21-/m1/s1. The number of benzene rings is 2. The Morgan fingerprint density at radius 1 is 1.09 bits per heavy atom. The van der Waals surface area contributed by atoms with Crippen molar-refractivity contribution in [3.8, 4) is 0 Å². The van der Waals surface area contributed by atoms with Crippen LogP contribution in [0.1, 0.15) is 12.0 Å². The molecule has 0 aliphatic heterocycles. The highest BCUT2D eigenvalue weighted by molar-refractivity contribution is 7.89. The highest BCUT2D eigenvalue weighted by Gasteiger charge is 2.26. The van der Waals surface area contributed by atoms with Gasteiger partial charge in [-0.1, -0.05) is 54.6 Å². The van der Waals surface area contributed by atoms with E-state index in [-0.39, 0.29) is 43.7 Å². The van der Waals surface area contributed by atoms with Crippen molar-refractivity contribution in [2.45, 2.75) is 24.0 Å². The molecule has 0 aliphatic rings. The van der Waals surface area contributed by atoms with Crippen molar-refractivity contribution < 1.29 is 28.2 Å². The van der Waals surface area contributed by atoms with Crippen LogP contribution in [0.4, 0.5) is 4.79 Å². The molecule has 1 unspecified atom stereocenters. The van der Waals surface area contributed by atoms with E-state index in [0.717, 1.165) is 10.5 Å². The molecule has 0 heterocycles. The first-order valence-corrected chi connectivity index (χ1v) is 11.7. The number of ether oxygens (including phenoxy) is 1. The summed E-state index contributed by atoms with van der Waals surface area (Å²) < 4.78 is 33.9. The third-order valence-electron chi connectivity index (χ3n) is 4.75. The molecule has 8 nitrogen and oxygen atoms in total. The van der Waals surface area contributed by atoms with E-state index in [9.17, 15) is 23.4 Å². The second-order valence-electron chi connectivity index (χ2n) is 7.39. The normalized spacial score (nSPS) is 13.3. The van der Waals surface area contributed by atoms with Gasteiger partial charge in [-0.25, -0.2) is 17.9 Å².